The van der Waals surface area contributed by atoms with Gasteiger partial charge in [0.05, 0.1) is 5.75 Å². The standard InChI is InChI=1S/C14H27N3OS/c1-6-15-12(11(4)5)7-14-16-13(17-18-14)9-19-8-10(2)3/h10-12,15H,6-9H2,1-5H3. The van der Waals surface area contributed by atoms with Crippen LogP contribution in [0.25, 0.3) is 0 Å². The molecule has 1 N–H and O–H groups in total. The molecule has 0 aliphatic rings. The van der Waals surface area contributed by atoms with Gasteiger partial charge >= 0.3 is 0 Å². The second-order valence-electron chi connectivity index (χ2n) is 5.63. The molecule has 0 aromatic carbocycles. The maximum atomic E-state index is 5.33. The van der Waals surface area contributed by atoms with Crippen LogP contribution < -0.4 is 5.32 Å². The Bertz CT molecular complexity index is 352. The predicted molar refractivity (Wildman–Crippen MR) is 81.3 cm³/mol. The molecule has 0 amide bonds. The highest BCUT2D eigenvalue weighted by Gasteiger charge is 2.17. The largest absolute Gasteiger partial charge is 0.339 e. The van der Waals surface area contributed by atoms with Crippen LogP contribution in [0, 0.1) is 11.8 Å². The van der Waals surface area contributed by atoms with Crippen molar-refractivity contribution in [1.29, 1.82) is 0 Å². The summed E-state index contributed by atoms with van der Waals surface area (Å²) >= 11 is 1.86. The molecule has 1 rings (SSSR count). The van der Waals surface area contributed by atoms with E-state index >= 15 is 0 Å². The third-order valence-electron chi connectivity index (χ3n) is 2.86. The Morgan fingerprint density at radius 3 is 2.58 bits per heavy atom. The topological polar surface area (TPSA) is 51.0 Å². The first-order valence-corrected chi connectivity index (χ1v) is 8.31. The summed E-state index contributed by atoms with van der Waals surface area (Å²) in [7, 11) is 0. The molecule has 4 nitrogen and oxygen atoms in total. The van der Waals surface area contributed by atoms with Gasteiger partial charge in [-0.2, -0.15) is 16.7 Å². The van der Waals surface area contributed by atoms with Gasteiger partial charge < -0.3 is 9.84 Å². The van der Waals surface area contributed by atoms with Crippen molar-refractivity contribution in [3.05, 3.63) is 11.7 Å². The number of thioether (sulfide) groups is 1. The van der Waals surface area contributed by atoms with E-state index < -0.39 is 0 Å². The van der Waals surface area contributed by atoms with Gasteiger partial charge in [0.1, 0.15) is 0 Å². The van der Waals surface area contributed by atoms with Crippen LogP contribution in [0.3, 0.4) is 0 Å². The zero-order chi connectivity index (χ0) is 14.3. The lowest BCUT2D eigenvalue weighted by Crippen LogP contribution is -2.35. The van der Waals surface area contributed by atoms with Gasteiger partial charge in [0, 0.05) is 12.5 Å². The fourth-order valence-corrected chi connectivity index (χ4v) is 2.70. The van der Waals surface area contributed by atoms with Crippen LogP contribution in [0.5, 0.6) is 0 Å². The Kier molecular flexibility index (Phi) is 7.46. The summed E-state index contributed by atoms with van der Waals surface area (Å²) in [6.07, 6.45) is 0.813. The van der Waals surface area contributed by atoms with E-state index in [0.717, 1.165) is 36.2 Å². The summed E-state index contributed by atoms with van der Waals surface area (Å²) in [5, 5.41) is 7.52. The highest BCUT2D eigenvalue weighted by atomic mass is 32.2. The summed E-state index contributed by atoms with van der Waals surface area (Å²) in [6, 6.07) is 0.404. The number of nitrogens with one attached hydrogen (secondary N) is 1. The van der Waals surface area contributed by atoms with E-state index in [0.29, 0.717) is 17.9 Å². The minimum Gasteiger partial charge on any atom is -0.339 e. The van der Waals surface area contributed by atoms with Crippen molar-refractivity contribution in [3.8, 4) is 0 Å². The molecule has 19 heavy (non-hydrogen) atoms. The second-order valence-corrected chi connectivity index (χ2v) is 6.66. The number of likely N-dealkylation sites (N-methyl/N-ethyl adjacent to an activating group) is 1. The minimum absolute atomic E-state index is 0.404. The van der Waals surface area contributed by atoms with Crippen LogP contribution in [0.4, 0.5) is 0 Å². The fraction of sp³-hybridized carbons (Fsp3) is 0.857. The zero-order valence-corrected chi connectivity index (χ0v) is 13.6. The van der Waals surface area contributed by atoms with Gasteiger partial charge in [-0.15, -0.1) is 0 Å². The quantitative estimate of drug-likeness (QED) is 0.755. The smallest absolute Gasteiger partial charge is 0.228 e. The molecule has 1 aromatic heterocycles. The first kappa shape index (κ1) is 16.5. The Hall–Kier alpha value is -0.550. The van der Waals surface area contributed by atoms with E-state index in [9.17, 15) is 0 Å². The van der Waals surface area contributed by atoms with Crippen molar-refractivity contribution in [2.75, 3.05) is 12.3 Å². The molecular weight excluding hydrogens is 258 g/mol. The lowest BCUT2D eigenvalue weighted by molar-refractivity contribution is 0.327. The van der Waals surface area contributed by atoms with Crippen molar-refractivity contribution < 1.29 is 4.52 Å². The molecule has 0 saturated heterocycles. The summed E-state index contributed by atoms with van der Waals surface area (Å²) in [5.41, 5.74) is 0. The summed E-state index contributed by atoms with van der Waals surface area (Å²) in [5.74, 6) is 4.81. The Labute approximate surface area is 121 Å². The lowest BCUT2D eigenvalue weighted by atomic mass is 10.0. The molecule has 0 saturated carbocycles. The van der Waals surface area contributed by atoms with Gasteiger partial charge in [0.2, 0.25) is 5.89 Å². The van der Waals surface area contributed by atoms with Crippen molar-refractivity contribution in [2.24, 2.45) is 11.8 Å². The van der Waals surface area contributed by atoms with E-state index in [1.54, 1.807) is 0 Å². The fourth-order valence-electron chi connectivity index (χ4n) is 1.81. The van der Waals surface area contributed by atoms with Gasteiger partial charge in [-0.05, 0) is 24.1 Å². The molecule has 0 bridgehead atoms. The van der Waals surface area contributed by atoms with E-state index in [1.807, 2.05) is 11.8 Å². The first-order valence-electron chi connectivity index (χ1n) is 7.15. The molecule has 1 atom stereocenters. The summed E-state index contributed by atoms with van der Waals surface area (Å²) in [4.78, 5) is 4.47. The monoisotopic (exact) mass is 285 g/mol. The van der Waals surface area contributed by atoms with Gasteiger partial charge in [0.25, 0.3) is 0 Å². The predicted octanol–water partition coefficient (Wildman–Crippen LogP) is 3.14. The van der Waals surface area contributed by atoms with Gasteiger partial charge in [-0.1, -0.05) is 39.8 Å². The molecule has 0 radical (unpaired) electrons. The molecule has 5 heteroatoms. The minimum atomic E-state index is 0.404. The van der Waals surface area contributed by atoms with E-state index in [4.69, 9.17) is 4.52 Å². The van der Waals surface area contributed by atoms with Crippen LogP contribution in [0.1, 0.15) is 46.3 Å². The Morgan fingerprint density at radius 2 is 2.00 bits per heavy atom. The number of hydrogen-bond donors (Lipinski definition) is 1. The normalized spacial score (nSPS) is 13.4. The van der Waals surface area contributed by atoms with Crippen molar-refractivity contribution >= 4 is 11.8 Å². The molecule has 110 valence electrons. The second kappa shape index (κ2) is 8.59. The average Bonchev–Trinajstić information content (AvgIpc) is 2.75. The van der Waals surface area contributed by atoms with Gasteiger partial charge in [0.15, 0.2) is 5.82 Å². The maximum absolute atomic E-state index is 5.33. The molecule has 1 heterocycles. The van der Waals surface area contributed by atoms with E-state index in [2.05, 4.69) is 50.1 Å². The molecule has 1 aromatic rings. The van der Waals surface area contributed by atoms with Crippen molar-refractivity contribution in [1.82, 2.24) is 15.5 Å². The maximum Gasteiger partial charge on any atom is 0.228 e. The molecule has 0 aliphatic heterocycles. The first-order chi connectivity index (χ1) is 9.02. The Balaban J connectivity index is 2.44. The highest BCUT2D eigenvalue weighted by molar-refractivity contribution is 7.98. The van der Waals surface area contributed by atoms with E-state index in [-0.39, 0.29) is 0 Å². The molecule has 0 aliphatic carbocycles. The average molecular weight is 285 g/mol. The molecule has 0 fully saturated rings. The van der Waals surface area contributed by atoms with Crippen LogP contribution in [0.15, 0.2) is 4.52 Å². The lowest BCUT2D eigenvalue weighted by Gasteiger charge is -2.19. The van der Waals surface area contributed by atoms with Crippen LogP contribution >= 0.6 is 11.8 Å². The van der Waals surface area contributed by atoms with Gasteiger partial charge in [-0.25, -0.2) is 0 Å². The van der Waals surface area contributed by atoms with E-state index in [1.165, 1.54) is 0 Å². The van der Waals surface area contributed by atoms with Crippen molar-refractivity contribution in [2.45, 2.75) is 52.8 Å². The number of hydrogen-bond acceptors (Lipinski definition) is 5. The number of rotatable bonds is 9. The molecule has 1 unspecified atom stereocenters. The van der Waals surface area contributed by atoms with Crippen molar-refractivity contribution in [3.63, 3.8) is 0 Å². The summed E-state index contributed by atoms with van der Waals surface area (Å²) in [6.45, 7) is 12.0. The molecular formula is C14H27N3OS. The zero-order valence-electron chi connectivity index (χ0n) is 12.8. The van der Waals surface area contributed by atoms with Crippen LogP contribution in [-0.4, -0.2) is 28.5 Å². The van der Waals surface area contributed by atoms with Gasteiger partial charge in [-0.3, -0.25) is 0 Å². The Morgan fingerprint density at radius 1 is 1.26 bits per heavy atom. The number of nitrogens with zero attached hydrogens (tertiary/aromatic N) is 2. The summed E-state index contributed by atoms with van der Waals surface area (Å²) < 4.78 is 5.33. The SMILES string of the molecule is CCNC(Cc1nc(CSCC(C)C)no1)C(C)C. The third kappa shape index (κ3) is 6.43. The molecule has 0 spiro atoms. The third-order valence-corrected chi connectivity index (χ3v) is 4.22. The highest BCUT2D eigenvalue weighted by Crippen LogP contribution is 2.14. The van der Waals surface area contributed by atoms with Crippen LogP contribution in [0.2, 0.25) is 0 Å². The van der Waals surface area contributed by atoms with Crippen LogP contribution in [-0.2, 0) is 12.2 Å². The number of aromatic nitrogens is 2.